The van der Waals surface area contributed by atoms with Crippen LogP contribution in [0.25, 0.3) is 6.08 Å². The number of halogens is 3. The van der Waals surface area contributed by atoms with E-state index in [1.165, 1.54) is 24.3 Å². The zero-order chi connectivity index (χ0) is 23.1. The predicted molar refractivity (Wildman–Crippen MR) is 117 cm³/mol. The smallest absolute Gasteiger partial charge is 0.232 e. The highest BCUT2D eigenvalue weighted by atomic mass is 35.5. The molecule has 5 rings (SSSR count). The fourth-order valence-corrected chi connectivity index (χ4v) is 4.09. The molecule has 0 amide bonds. The number of aryl methyl sites for hydroxylation is 1. The number of rotatable bonds is 4. The Kier molecular flexibility index (Phi) is 5.52. The summed E-state index contributed by atoms with van der Waals surface area (Å²) in [5.74, 6) is -0.374. The largest absolute Gasteiger partial charge is 0.489 e. The van der Waals surface area contributed by atoms with Gasteiger partial charge in [0.1, 0.15) is 35.5 Å². The Bertz CT molecular complexity index is 1300. The van der Waals surface area contributed by atoms with Gasteiger partial charge in [0.25, 0.3) is 0 Å². The van der Waals surface area contributed by atoms with Crippen LogP contribution in [0.1, 0.15) is 32.6 Å². The van der Waals surface area contributed by atoms with E-state index in [-0.39, 0.29) is 30.5 Å². The number of ketones is 1. The predicted octanol–water partition coefficient (Wildman–Crippen LogP) is 5.99. The first-order chi connectivity index (χ1) is 15.9. The molecule has 3 aromatic carbocycles. The average Bonchev–Trinajstić information content (AvgIpc) is 3.09. The standard InChI is InChI=1S/C25H17ClF2O5/c1-13-5-17(31-11-18-19(27)3-2-4-20(18)28)9-21-23(13)24(29)22(33-21)8-14-6-16(26)7-15-10-30-12-32-25(14)15/h2-9H,10-12H2,1H3/b22-8-. The minimum Gasteiger partial charge on any atom is -0.489 e. The third-order valence-electron chi connectivity index (χ3n) is 5.38. The van der Waals surface area contributed by atoms with Gasteiger partial charge in [-0.2, -0.15) is 0 Å². The molecule has 0 radical (unpaired) electrons. The van der Waals surface area contributed by atoms with Crippen LogP contribution in [0.2, 0.25) is 5.02 Å². The summed E-state index contributed by atoms with van der Waals surface area (Å²) in [5.41, 5.74) is 2.20. The van der Waals surface area contributed by atoms with Crippen molar-refractivity contribution < 1.29 is 32.5 Å². The Morgan fingerprint density at radius 2 is 1.94 bits per heavy atom. The first kappa shape index (κ1) is 21.4. The van der Waals surface area contributed by atoms with Gasteiger partial charge in [-0.25, -0.2) is 8.78 Å². The van der Waals surface area contributed by atoms with Crippen molar-refractivity contribution in [3.05, 3.63) is 92.7 Å². The summed E-state index contributed by atoms with van der Waals surface area (Å²) >= 11 is 6.21. The van der Waals surface area contributed by atoms with E-state index >= 15 is 0 Å². The lowest BCUT2D eigenvalue weighted by Gasteiger charge is -2.20. The molecule has 0 aliphatic carbocycles. The molecule has 2 aliphatic heterocycles. The zero-order valence-electron chi connectivity index (χ0n) is 17.4. The second-order valence-corrected chi connectivity index (χ2v) is 8.07. The number of hydrogen-bond donors (Lipinski definition) is 0. The van der Waals surface area contributed by atoms with E-state index in [4.69, 9.17) is 30.5 Å². The van der Waals surface area contributed by atoms with Gasteiger partial charge >= 0.3 is 0 Å². The summed E-state index contributed by atoms with van der Waals surface area (Å²) in [7, 11) is 0. The molecule has 0 bridgehead atoms. The quantitative estimate of drug-likeness (QED) is 0.438. The van der Waals surface area contributed by atoms with Crippen molar-refractivity contribution in [2.24, 2.45) is 0 Å². The van der Waals surface area contributed by atoms with Crippen LogP contribution in [-0.4, -0.2) is 12.6 Å². The van der Waals surface area contributed by atoms with Gasteiger partial charge in [0.05, 0.1) is 17.7 Å². The summed E-state index contributed by atoms with van der Waals surface area (Å²) in [6, 6.07) is 10.2. The maximum absolute atomic E-state index is 13.9. The molecule has 0 unspecified atom stereocenters. The van der Waals surface area contributed by atoms with Crippen molar-refractivity contribution >= 4 is 23.5 Å². The van der Waals surface area contributed by atoms with Crippen LogP contribution in [-0.2, 0) is 18.0 Å². The molecule has 2 heterocycles. The SMILES string of the molecule is Cc1cc(OCc2c(F)cccc2F)cc2c1C(=O)/C(=C/c1cc(Cl)cc3c1OCOC3)O2. The monoisotopic (exact) mass is 470 g/mol. The number of allylic oxidation sites excluding steroid dienone is 1. The van der Waals surface area contributed by atoms with Gasteiger partial charge in [0, 0.05) is 22.2 Å². The molecule has 0 spiro atoms. The Labute approximate surface area is 193 Å². The molecule has 8 heteroatoms. The summed E-state index contributed by atoms with van der Waals surface area (Å²) < 4.78 is 50.1. The first-order valence-corrected chi connectivity index (χ1v) is 10.5. The van der Waals surface area contributed by atoms with E-state index < -0.39 is 11.6 Å². The first-order valence-electron chi connectivity index (χ1n) is 10.1. The van der Waals surface area contributed by atoms with Crippen molar-refractivity contribution in [1.82, 2.24) is 0 Å². The van der Waals surface area contributed by atoms with Crippen LogP contribution in [0.4, 0.5) is 8.78 Å². The van der Waals surface area contributed by atoms with Crippen LogP contribution in [0.5, 0.6) is 17.2 Å². The second kappa shape index (κ2) is 8.50. The van der Waals surface area contributed by atoms with Gasteiger partial charge in [-0.05, 0) is 48.9 Å². The van der Waals surface area contributed by atoms with Crippen molar-refractivity contribution in [3.8, 4) is 17.2 Å². The zero-order valence-corrected chi connectivity index (χ0v) is 18.2. The number of ether oxygens (including phenoxy) is 4. The highest BCUT2D eigenvalue weighted by molar-refractivity contribution is 6.31. The number of benzene rings is 3. The highest BCUT2D eigenvalue weighted by Crippen LogP contribution is 2.39. The maximum Gasteiger partial charge on any atom is 0.232 e. The van der Waals surface area contributed by atoms with Gasteiger partial charge in [-0.1, -0.05) is 17.7 Å². The fraction of sp³-hybridized carbons (Fsp3) is 0.160. The Hall–Kier alpha value is -3.42. The summed E-state index contributed by atoms with van der Waals surface area (Å²) in [5, 5.41) is 0.477. The molecule has 3 aromatic rings. The highest BCUT2D eigenvalue weighted by Gasteiger charge is 2.31. The molecule has 0 saturated carbocycles. The Morgan fingerprint density at radius 3 is 2.73 bits per heavy atom. The summed E-state index contributed by atoms with van der Waals surface area (Å²) in [4.78, 5) is 13.0. The van der Waals surface area contributed by atoms with Crippen LogP contribution in [0.15, 0.2) is 48.2 Å². The summed E-state index contributed by atoms with van der Waals surface area (Å²) in [6.45, 7) is 1.88. The van der Waals surface area contributed by atoms with E-state index in [0.717, 1.165) is 5.56 Å². The van der Waals surface area contributed by atoms with E-state index in [1.54, 1.807) is 31.2 Å². The molecular weight excluding hydrogens is 454 g/mol. The number of carbonyl (C=O) groups is 1. The molecule has 0 atom stereocenters. The molecule has 5 nitrogen and oxygen atoms in total. The Morgan fingerprint density at radius 1 is 1.15 bits per heavy atom. The molecule has 0 saturated heterocycles. The van der Waals surface area contributed by atoms with Gasteiger partial charge in [-0.3, -0.25) is 4.79 Å². The molecule has 0 fully saturated rings. The van der Waals surface area contributed by atoms with Crippen molar-refractivity contribution in [1.29, 1.82) is 0 Å². The fourth-order valence-electron chi connectivity index (χ4n) is 3.84. The third-order valence-corrected chi connectivity index (χ3v) is 5.60. The lowest BCUT2D eigenvalue weighted by atomic mass is 10.0. The normalized spacial score (nSPS) is 15.6. The molecule has 33 heavy (non-hydrogen) atoms. The molecule has 2 aliphatic rings. The van der Waals surface area contributed by atoms with Crippen LogP contribution < -0.4 is 14.2 Å². The van der Waals surface area contributed by atoms with E-state index in [1.807, 2.05) is 0 Å². The van der Waals surface area contributed by atoms with E-state index in [9.17, 15) is 13.6 Å². The molecule has 0 N–H and O–H groups in total. The number of fused-ring (bicyclic) bond motifs is 2. The van der Waals surface area contributed by atoms with Gasteiger partial charge in [0.2, 0.25) is 5.78 Å². The van der Waals surface area contributed by atoms with Crippen LogP contribution in [0, 0.1) is 18.6 Å². The Balaban J connectivity index is 1.43. The average molecular weight is 471 g/mol. The van der Waals surface area contributed by atoms with Crippen molar-refractivity contribution in [2.45, 2.75) is 20.1 Å². The van der Waals surface area contributed by atoms with E-state index in [2.05, 4.69) is 0 Å². The third kappa shape index (κ3) is 4.05. The lowest BCUT2D eigenvalue weighted by Crippen LogP contribution is -2.12. The lowest BCUT2D eigenvalue weighted by molar-refractivity contribution is -0.0165. The number of carbonyl (C=O) groups excluding carboxylic acids is 1. The van der Waals surface area contributed by atoms with Gasteiger partial charge < -0.3 is 18.9 Å². The second-order valence-electron chi connectivity index (χ2n) is 7.64. The van der Waals surface area contributed by atoms with Crippen LogP contribution >= 0.6 is 11.6 Å². The topological polar surface area (TPSA) is 54.0 Å². The van der Waals surface area contributed by atoms with Crippen LogP contribution in [0.3, 0.4) is 0 Å². The number of hydrogen-bond acceptors (Lipinski definition) is 5. The molecular formula is C25H17ClF2O5. The van der Waals surface area contributed by atoms with Crippen molar-refractivity contribution in [3.63, 3.8) is 0 Å². The van der Waals surface area contributed by atoms with Gasteiger partial charge in [0.15, 0.2) is 12.6 Å². The number of Topliss-reactive ketones (excluding diaryl/α,β-unsaturated/α-hetero) is 1. The summed E-state index contributed by atoms with van der Waals surface area (Å²) in [6.07, 6.45) is 1.58. The van der Waals surface area contributed by atoms with Gasteiger partial charge in [-0.15, -0.1) is 0 Å². The molecule has 0 aromatic heterocycles. The van der Waals surface area contributed by atoms with E-state index in [0.29, 0.717) is 45.6 Å². The molecule has 168 valence electrons. The van der Waals surface area contributed by atoms with Crippen molar-refractivity contribution in [2.75, 3.05) is 6.79 Å². The maximum atomic E-state index is 13.9. The minimum absolute atomic E-state index is 0.0994. The minimum atomic E-state index is -0.693.